The summed E-state index contributed by atoms with van der Waals surface area (Å²) in [6.45, 7) is 2.79. The average Bonchev–Trinajstić information content (AvgIpc) is 2.80. The molecule has 6 heteroatoms. The second-order valence-electron chi connectivity index (χ2n) is 6.51. The molecule has 2 aliphatic rings. The topological polar surface area (TPSA) is 45.1 Å². The molecular weight excluding hydrogens is 362 g/mol. The third kappa shape index (κ3) is 3.61. The van der Waals surface area contributed by atoms with Gasteiger partial charge in [0.1, 0.15) is 5.70 Å². The van der Waals surface area contributed by atoms with Crippen LogP contribution in [0.25, 0.3) is 0 Å². The normalized spacial score (nSPS) is 19.0. The molecule has 1 saturated heterocycles. The summed E-state index contributed by atoms with van der Waals surface area (Å²) in [4.78, 5) is 21.6. The molecule has 0 N–H and O–H groups in total. The van der Waals surface area contributed by atoms with E-state index in [9.17, 15) is 4.79 Å². The summed E-state index contributed by atoms with van der Waals surface area (Å²) < 4.78 is 5.40. The number of rotatable bonds is 2. The lowest BCUT2D eigenvalue weighted by atomic mass is 10.0. The number of hydrogen-bond donors (Lipinski definition) is 0. The molecule has 0 bridgehead atoms. The van der Waals surface area contributed by atoms with Gasteiger partial charge in [-0.3, -0.25) is 4.79 Å². The molecular formula is C21H20ClN3O2. The van der Waals surface area contributed by atoms with E-state index >= 15 is 0 Å². The van der Waals surface area contributed by atoms with Crippen molar-refractivity contribution in [3.05, 3.63) is 76.6 Å². The number of aliphatic imine (C=N–C) groups is 1. The fraction of sp³-hybridized carbons (Fsp3) is 0.238. The van der Waals surface area contributed by atoms with E-state index in [2.05, 4.69) is 4.90 Å². The minimum absolute atomic E-state index is 0.143. The van der Waals surface area contributed by atoms with Crippen LogP contribution in [0.5, 0.6) is 0 Å². The summed E-state index contributed by atoms with van der Waals surface area (Å²) in [6.07, 6.45) is 1.85. The van der Waals surface area contributed by atoms with Crippen molar-refractivity contribution in [2.45, 2.75) is 0 Å². The van der Waals surface area contributed by atoms with E-state index in [1.807, 2.05) is 48.7 Å². The van der Waals surface area contributed by atoms with Crippen molar-refractivity contribution < 1.29 is 9.53 Å². The number of morpholine rings is 1. The highest BCUT2D eigenvalue weighted by atomic mass is 35.5. The predicted molar refractivity (Wildman–Crippen MR) is 107 cm³/mol. The van der Waals surface area contributed by atoms with Crippen molar-refractivity contribution in [3.8, 4) is 0 Å². The van der Waals surface area contributed by atoms with Crippen molar-refractivity contribution in [3.63, 3.8) is 0 Å². The summed E-state index contributed by atoms with van der Waals surface area (Å²) in [5, 5.41) is 0.610. The molecule has 2 aromatic carbocycles. The summed E-state index contributed by atoms with van der Waals surface area (Å²) in [6, 6.07) is 15.4. The number of likely N-dealkylation sites (N-methyl/N-ethyl adjacent to an activating group) is 1. The first-order valence-corrected chi connectivity index (χ1v) is 9.27. The first-order chi connectivity index (χ1) is 13.1. The molecule has 5 nitrogen and oxygen atoms in total. The molecule has 0 saturated carbocycles. The summed E-state index contributed by atoms with van der Waals surface area (Å²) in [5.41, 5.74) is 3.72. The minimum atomic E-state index is -0.143. The fourth-order valence-corrected chi connectivity index (χ4v) is 3.45. The number of carbonyl (C=O) groups excluding carboxylic acids is 1. The largest absolute Gasteiger partial charge is 0.378 e. The molecule has 138 valence electrons. The van der Waals surface area contributed by atoms with Crippen LogP contribution in [0.15, 0.2) is 65.4 Å². The van der Waals surface area contributed by atoms with Crippen LogP contribution in [-0.2, 0) is 9.53 Å². The van der Waals surface area contributed by atoms with Crippen molar-refractivity contribution in [1.29, 1.82) is 0 Å². The third-order valence-electron chi connectivity index (χ3n) is 4.73. The van der Waals surface area contributed by atoms with Gasteiger partial charge in [0.15, 0.2) is 0 Å². The number of carbonyl (C=O) groups is 1. The summed E-state index contributed by atoms with van der Waals surface area (Å²) in [7, 11) is 1.77. The maximum Gasteiger partial charge on any atom is 0.278 e. The number of amides is 1. The van der Waals surface area contributed by atoms with Gasteiger partial charge < -0.3 is 14.5 Å². The van der Waals surface area contributed by atoms with Gasteiger partial charge in [0.2, 0.25) is 0 Å². The van der Waals surface area contributed by atoms with Gasteiger partial charge >= 0.3 is 0 Å². The van der Waals surface area contributed by atoms with Crippen molar-refractivity contribution >= 4 is 28.9 Å². The first-order valence-electron chi connectivity index (χ1n) is 8.89. The molecule has 0 unspecified atom stereocenters. The lowest BCUT2D eigenvalue weighted by molar-refractivity contribution is -0.115. The standard InChI is InChI=1S/C21H20ClN3O2/c1-24-19-8-7-16(22)13-17(19)20(15-5-3-2-4-6-15)23-18(21(24)26)14-25-9-11-27-12-10-25/h2-8,13-14H,9-12H2,1H3. The van der Waals surface area contributed by atoms with Gasteiger partial charge in [-0.25, -0.2) is 4.99 Å². The Hall–Kier alpha value is -2.63. The van der Waals surface area contributed by atoms with Crippen LogP contribution in [0.2, 0.25) is 5.02 Å². The first kappa shape index (κ1) is 17.8. The molecule has 0 aromatic heterocycles. The molecule has 2 aromatic rings. The van der Waals surface area contributed by atoms with Crippen LogP contribution >= 0.6 is 11.6 Å². The molecule has 2 heterocycles. The maximum absolute atomic E-state index is 13.1. The zero-order valence-electron chi connectivity index (χ0n) is 15.1. The fourth-order valence-electron chi connectivity index (χ4n) is 3.28. The highest BCUT2D eigenvalue weighted by Crippen LogP contribution is 2.31. The van der Waals surface area contributed by atoms with Crippen molar-refractivity contribution in [1.82, 2.24) is 4.90 Å². The highest BCUT2D eigenvalue weighted by molar-refractivity contribution is 6.32. The SMILES string of the molecule is CN1C(=O)C(=CN2CCOCC2)N=C(c2ccccc2)c2cc(Cl)ccc21. The number of nitrogens with zero attached hydrogens (tertiary/aromatic N) is 3. The molecule has 2 aliphatic heterocycles. The Balaban J connectivity index is 1.88. The zero-order chi connectivity index (χ0) is 18.8. The van der Waals surface area contributed by atoms with E-state index < -0.39 is 0 Å². The van der Waals surface area contributed by atoms with Gasteiger partial charge in [-0.2, -0.15) is 0 Å². The van der Waals surface area contributed by atoms with E-state index in [0.29, 0.717) is 23.9 Å². The molecule has 0 aliphatic carbocycles. The van der Waals surface area contributed by atoms with E-state index in [-0.39, 0.29) is 5.91 Å². The number of hydrogen-bond acceptors (Lipinski definition) is 4. The van der Waals surface area contributed by atoms with Gasteiger partial charge in [0, 0.05) is 42.5 Å². The quantitative estimate of drug-likeness (QED) is 0.749. The van der Waals surface area contributed by atoms with Crippen molar-refractivity contribution in [2.24, 2.45) is 4.99 Å². The second kappa shape index (κ2) is 7.55. The lowest BCUT2D eigenvalue weighted by Gasteiger charge is -2.26. The number of fused-ring (bicyclic) bond motifs is 1. The third-order valence-corrected chi connectivity index (χ3v) is 4.96. The van der Waals surface area contributed by atoms with E-state index in [4.69, 9.17) is 21.3 Å². The average molecular weight is 382 g/mol. The Bertz CT molecular complexity index is 918. The minimum Gasteiger partial charge on any atom is -0.378 e. The summed E-state index contributed by atoms with van der Waals surface area (Å²) >= 11 is 6.26. The smallest absolute Gasteiger partial charge is 0.278 e. The van der Waals surface area contributed by atoms with E-state index in [1.54, 1.807) is 18.0 Å². The highest BCUT2D eigenvalue weighted by Gasteiger charge is 2.27. The number of anilines is 1. The number of benzodiazepines with no additional fused rings is 1. The molecule has 4 rings (SSSR count). The Morgan fingerprint density at radius 2 is 1.85 bits per heavy atom. The number of ether oxygens (including phenoxy) is 1. The zero-order valence-corrected chi connectivity index (χ0v) is 15.8. The van der Waals surface area contributed by atoms with Crippen LogP contribution < -0.4 is 4.90 Å². The van der Waals surface area contributed by atoms with Crippen LogP contribution in [0.3, 0.4) is 0 Å². The Morgan fingerprint density at radius 3 is 2.59 bits per heavy atom. The molecule has 1 fully saturated rings. The molecule has 0 radical (unpaired) electrons. The van der Waals surface area contributed by atoms with Gasteiger partial charge in [-0.15, -0.1) is 0 Å². The Labute approximate surface area is 163 Å². The Morgan fingerprint density at radius 1 is 1.11 bits per heavy atom. The lowest BCUT2D eigenvalue weighted by Crippen LogP contribution is -2.34. The van der Waals surface area contributed by atoms with Crippen molar-refractivity contribution in [2.75, 3.05) is 38.3 Å². The van der Waals surface area contributed by atoms with Crippen LogP contribution in [0.4, 0.5) is 5.69 Å². The summed E-state index contributed by atoms with van der Waals surface area (Å²) in [5.74, 6) is -0.143. The van der Waals surface area contributed by atoms with Gasteiger partial charge in [-0.05, 0) is 18.2 Å². The molecule has 0 spiro atoms. The van der Waals surface area contributed by atoms with E-state index in [0.717, 1.165) is 35.6 Å². The second-order valence-corrected chi connectivity index (χ2v) is 6.95. The van der Waals surface area contributed by atoms with Gasteiger partial charge in [0.05, 0.1) is 24.6 Å². The van der Waals surface area contributed by atoms with Crippen LogP contribution in [-0.4, -0.2) is 49.9 Å². The predicted octanol–water partition coefficient (Wildman–Crippen LogP) is 3.33. The van der Waals surface area contributed by atoms with Gasteiger partial charge in [0.25, 0.3) is 5.91 Å². The number of halogens is 1. The molecule has 27 heavy (non-hydrogen) atoms. The van der Waals surface area contributed by atoms with Crippen LogP contribution in [0, 0.1) is 0 Å². The van der Waals surface area contributed by atoms with Gasteiger partial charge in [-0.1, -0.05) is 41.9 Å². The molecule has 1 amide bonds. The monoisotopic (exact) mass is 381 g/mol. The maximum atomic E-state index is 13.1. The van der Waals surface area contributed by atoms with E-state index in [1.165, 1.54) is 0 Å². The van der Waals surface area contributed by atoms with Crippen LogP contribution in [0.1, 0.15) is 11.1 Å². The molecule has 0 atom stereocenters. The number of benzene rings is 2. The Kier molecular flexibility index (Phi) is 4.97.